The molecule has 6 heteroatoms. The zero-order valence-corrected chi connectivity index (χ0v) is 12.7. The lowest BCUT2D eigenvalue weighted by atomic mass is 10.2. The minimum atomic E-state index is -0.942. The summed E-state index contributed by atoms with van der Waals surface area (Å²) in [6.45, 7) is 0.621. The number of benzene rings is 1. The lowest BCUT2D eigenvalue weighted by Gasteiger charge is -2.11. The number of halogens is 3. The fraction of sp³-hybridized carbons (Fsp3) is 0.267. The van der Waals surface area contributed by atoms with E-state index < -0.39 is 11.6 Å². The maximum atomic E-state index is 13.2. The first-order chi connectivity index (χ1) is 10.1. The number of nitrogens with one attached hydrogen (secondary N) is 1. The van der Waals surface area contributed by atoms with E-state index in [0.29, 0.717) is 18.5 Å². The fourth-order valence-corrected chi connectivity index (χ4v) is 2.26. The largest absolute Gasteiger partial charge is 0.439 e. The molecule has 0 aliphatic heterocycles. The first-order valence-electron chi connectivity index (χ1n) is 6.62. The van der Waals surface area contributed by atoms with Crippen LogP contribution in [0.5, 0.6) is 11.6 Å². The molecule has 0 radical (unpaired) electrons. The van der Waals surface area contributed by atoms with Gasteiger partial charge in [-0.3, -0.25) is 0 Å². The van der Waals surface area contributed by atoms with Crippen molar-refractivity contribution in [2.24, 2.45) is 0 Å². The molecule has 1 N–H and O–H groups in total. The van der Waals surface area contributed by atoms with E-state index in [4.69, 9.17) is 4.74 Å². The topological polar surface area (TPSA) is 34.1 Å². The van der Waals surface area contributed by atoms with Crippen molar-refractivity contribution >= 4 is 15.9 Å². The smallest absolute Gasteiger partial charge is 0.223 e. The van der Waals surface area contributed by atoms with Gasteiger partial charge in [-0.1, -0.05) is 0 Å². The maximum Gasteiger partial charge on any atom is 0.223 e. The molecule has 0 spiro atoms. The number of hydrogen-bond acceptors (Lipinski definition) is 3. The summed E-state index contributed by atoms with van der Waals surface area (Å²) in [5.74, 6) is -1.24. The summed E-state index contributed by atoms with van der Waals surface area (Å²) in [6, 6.07) is 5.88. The number of nitrogens with zero attached hydrogens (tertiary/aromatic N) is 1. The molecule has 0 saturated heterocycles. The molecule has 0 bridgehead atoms. The van der Waals surface area contributed by atoms with Crippen molar-refractivity contribution in [3.8, 4) is 11.6 Å². The van der Waals surface area contributed by atoms with Crippen molar-refractivity contribution in [3.05, 3.63) is 52.1 Å². The summed E-state index contributed by atoms with van der Waals surface area (Å²) in [5.41, 5.74) is 0.862. The highest BCUT2D eigenvalue weighted by molar-refractivity contribution is 9.10. The number of aromatic nitrogens is 1. The molecule has 0 amide bonds. The van der Waals surface area contributed by atoms with Gasteiger partial charge in [-0.2, -0.15) is 0 Å². The normalized spacial score (nSPS) is 14.2. The third-order valence-electron chi connectivity index (χ3n) is 3.16. The number of ether oxygens (including phenoxy) is 1. The number of rotatable bonds is 5. The summed E-state index contributed by atoms with van der Waals surface area (Å²) in [4.78, 5) is 4.20. The van der Waals surface area contributed by atoms with Gasteiger partial charge in [0, 0.05) is 34.9 Å². The van der Waals surface area contributed by atoms with Gasteiger partial charge >= 0.3 is 0 Å². The lowest BCUT2D eigenvalue weighted by Crippen LogP contribution is -2.16. The molecule has 1 aliphatic carbocycles. The highest BCUT2D eigenvalue weighted by Gasteiger charge is 2.21. The van der Waals surface area contributed by atoms with Gasteiger partial charge in [-0.25, -0.2) is 13.8 Å². The molecule has 1 heterocycles. The second-order valence-electron chi connectivity index (χ2n) is 4.95. The van der Waals surface area contributed by atoms with Crippen molar-refractivity contribution in [1.29, 1.82) is 0 Å². The van der Waals surface area contributed by atoms with Crippen LogP contribution in [-0.2, 0) is 6.54 Å². The van der Waals surface area contributed by atoms with Gasteiger partial charge in [-0.05, 0) is 47.0 Å². The van der Waals surface area contributed by atoms with Gasteiger partial charge in [0.25, 0.3) is 0 Å². The van der Waals surface area contributed by atoms with Gasteiger partial charge < -0.3 is 10.1 Å². The van der Waals surface area contributed by atoms with Crippen LogP contribution in [0.15, 0.2) is 34.9 Å². The molecule has 1 fully saturated rings. The first kappa shape index (κ1) is 14.4. The maximum absolute atomic E-state index is 13.2. The highest BCUT2D eigenvalue weighted by atomic mass is 79.9. The van der Waals surface area contributed by atoms with Crippen molar-refractivity contribution in [2.45, 2.75) is 25.4 Å². The Kier molecular flexibility index (Phi) is 4.17. The predicted octanol–water partition coefficient (Wildman–Crippen LogP) is 4.17. The van der Waals surface area contributed by atoms with Crippen LogP contribution < -0.4 is 10.1 Å². The molecule has 1 aromatic carbocycles. The molecule has 110 valence electrons. The summed E-state index contributed by atoms with van der Waals surface area (Å²) in [6.07, 6.45) is 3.97. The van der Waals surface area contributed by atoms with Crippen LogP contribution in [0.1, 0.15) is 18.4 Å². The van der Waals surface area contributed by atoms with Crippen molar-refractivity contribution < 1.29 is 13.5 Å². The van der Waals surface area contributed by atoms with Gasteiger partial charge in [0.2, 0.25) is 5.88 Å². The Labute approximate surface area is 129 Å². The fourth-order valence-electron chi connectivity index (χ4n) is 1.88. The van der Waals surface area contributed by atoms with Gasteiger partial charge in [0.15, 0.2) is 11.6 Å². The van der Waals surface area contributed by atoms with E-state index in [1.165, 1.54) is 18.9 Å². The van der Waals surface area contributed by atoms with E-state index in [1.54, 1.807) is 6.20 Å². The van der Waals surface area contributed by atoms with Crippen LogP contribution in [0.25, 0.3) is 0 Å². The van der Waals surface area contributed by atoms with E-state index in [1.807, 2.05) is 6.07 Å². The summed E-state index contributed by atoms with van der Waals surface area (Å²) < 4.78 is 32.6. The highest BCUT2D eigenvalue weighted by Crippen LogP contribution is 2.27. The van der Waals surface area contributed by atoms with E-state index in [0.717, 1.165) is 22.2 Å². The monoisotopic (exact) mass is 354 g/mol. The molecule has 2 aromatic rings. The standard InChI is InChI=1S/C15H13BrF2N2O/c16-10-5-9(7-19-11-1-2-11)15(20-8-10)21-12-3-4-13(17)14(18)6-12/h3-6,8,11,19H,1-2,7H2. The van der Waals surface area contributed by atoms with Crippen molar-refractivity contribution in [1.82, 2.24) is 10.3 Å². The van der Waals surface area contributed by atoms with Gasteiger partial charge in [-0.15, -0.1) is 0 Å². The Bertz CT molecular complexity index is 662. The Hall–Kier alpha value is -1.53. The van der Waals surface area contributed by atoms with E-state index >= 15 is 0 Å². The summed E-state index contributed by atoms with van der Waals surface area (Å²) >= 11 is 3.37. The molecule has 1 aromatic heterocycles. The quantitative estimate of drug-likeness (QED) is 0.874. The van der Waals surface area contributed by atoms with Crippen LogP contribution >= 0.6 is 15.9 Å². The van der Waals surface area contributed by atoms with Crippen molar-refractivity contribution in [3.63, 3.8) is 0 Å². The van der Waals surface area contributed by atoms with Crippen LogP contribution in [0, 0.1) is 11.6 Å². The van der Waals surface area contributed by atoms with Gasteiger partial charge in [0.05, 0.1) is 0 Å². The molecular formula is C15H13BrF2N2O. The second-order valence-corrected chi connectivity index (χ2v) is 5.87. The van der Waals surface area contributed by atoms with Crippen LogP contribution in [0.3, 0.4) is 0 Å². The lowest BCUT2D eigenvalue weighted by molar-refractivity contribution is 0.440. The third-order valence-corrected chi connectivity index (χ3v) is 3.59. The molecular weight excluding hydrogens is 342 g/mol. The molecule has 3 nitrogen and oxygen atoms in total. The van der Waals surface area contributed by atoms with E-state index in [2.05, 4.69) is 26.2 Å². The minimum Gasteiger partial charge on any atom is -0.439 e. The predicted molar refractivity (Wildman–Crippen MR) is 78.2 cm³/mol. The molecule has 1 aliphatic rings. The molecule has 1 saturated carbocycles. The minimum absolute atomic E-state index is 0.219. The first-order valence-corrected chi connectivity index (χ1v) is 7.42. The zero-order valence-electron chi connectivity index (χ0n) is 11.1. The SMILES string of the molecule is Fc1ccc(Oc2ncc(Br)cc2CNC2CC2)cc1F. The van der Waals surface area contributed by atoms with Crippen LogP contribution in [0.4, 0.5) is 8.78 Å². The summed E-state index contributed by atoms with van der Waals surface area (Å²) in [7, 11) is 0. The van der Waals surface area contributed by atoms with Gasteiger partial charge in [0.1, 0.15) is 5.75 Å². The Morgan fingerprint density at radius 1 is 1.24 bits per heavy atom. The average Bonchev–Trinajstić information content (AvgIpc) is 3.27. The molecule has 3 rings (SSSR count). The Morgan fingerprint density at radius 2 is 2.05 bits per heavy atom. The molecule has 0 atom stereocenters. The Morgan fingerprint density at radius 3 is 2.76 bits per heavy atom. The average molecular weight is 355 g/mol. The van der Waals surface area contributed by atoms with Crippen LogP contribution in [0.2, 0.25) is 0 Å². The Balaban J connectivity index is 1.80. The molecule has 21 heavy (non-hydrogen) atoms. The second kappa shape index (κ2) is 6.07. The van der Waals surface area contributed by atoms with E-state index in [9.17, 15) is 8.78 Å². The summed E-state index contributed by atoms with van der Waals surface area (Å²) in [5, 5.41) is 3.37. The zero-order chi connectivity index (χ0) is 14.8. The number of pyridine rings is 1. The molecule has 0 unspecified atom stereocenters. The third kappa shape index (κ3) is 3.77. The number of hydrogen-bond donors (Lipinski definition) is 1. The van der Waals surface area contributed by atoms with Crippen LogP contribution in [-0.4, -0.2) is 11.0 Å². The van der Waals surface area contributed by atoms with E-state index in [-0.39, 0.29) is 5.75 Å². The van der Waals surface area contributed by atoms with Crippen molar-refractivity contribution in [2.75, 3.05) is 0 Å².